The van der Waals surface area contributed by atoms with Crippen molar-refractivity contribution in [2.45, 2.75) is 24.6 Å². The fraction of sp³-hybridized carbons (Fsp3) is 0.917. The number of carboxylic acid groups (broad SMARTS) is 1. The molecule has 0 bridgehead atoms. The summed E-state index contributed by atoms with van der Waals surface area (Å²) in [5.74, 6) is 0.00428. The first-order valence-electron chi connectivity index (χ1n) is 6.36. The van der Waals surface area contributed by atoms with E-state index in [2.05, 4.69) is 16.8 Å². The lowest BCUT2D eigenvalue weighted by atomic mass is 10.1. The molecule has 0 radical (unpaired) electrons. The maximum atomic E-state index is 10.9. The first kappa shape index (κ1) is 15.8. The maximum Gasteiger partial charge on any atom is 0.321 e. The summed E-state index contributed by atoms with van der Waals surface area (Å²) in [4.78, 5) is 15.6. The second kappa shape index (κ2) is 6.75. The van der Waals surface area contributed by atoms with Crippen molar-refractivity contribution in [3.8, 4) is 0 Å². The third kappa shape index (κ3) is 4.76. The average Bonchev–Trinajstić information content (AvgIpc) is 2.30. The molecule has 0 aromatic carbocycles. The van der Waals surface area contributed by atoms with E-state index in [0.29, 0.717) is 0 Å². The Morgan fingerprint density at radius 2 is 1.94 bits per heavy atom. The van der Waals surface area contributed by atoms with Gasteiger partial charge in [-0.05, 0) is 20.9 Å². The van der Waals surface area contributed by atoms with Crippen LogP contribution in [0.25, 0.3) is 0 Å². The molecule has 1 atom stereocenters. The molecule has 0 unspecified atom stereocenters. The summed E-state index contributed by atoms with van der Waals surface area (Å²) in [6, 6.07) is -0.810. The van der Waals surface area contributed by atoms with Gasteiger partial charge in [-0.25, -0.2) is 0 Å². The zero-order valence-corrected chi connectivity index (χ0v) is 12.4. The van der Waals surface area contributed by atoms with Crippen LogP contribution in [0.15, 0.2) is 0 Å². The molecule has 1 aliphatic heterocycles. The molecule has 0 aromatic rings. The summed E-state index contributed by atoms with van der Waals surface area (Å²) < 4.78 is -0.418. The molecule has 1 rings (SSSR count). The zero-order valence-electron chi connectivity index (χ0n) is 11.6. The largest absolute Gasteiger partial charge is 0.480 e. The summed E-state index contributed by atoms with van der Waals surface area (Å²) in [6.45, 7) is 9.24. The van der Waals surface area contributed by atoms with Crippen molar-refractivity contribution in [3.63, 3.8) is 0 Å². The van der Waals surface area contributed by atoms with Crippen LogP contribution in [-0.2, 0) is 4.79 Å². The fourth-order valence-electron chi connectivity index (χ4n) is 1.90. The Bertz CT molecular complexity index is 278. The number of hydrogen-bond donors (Lipinski definition) is 2. The lowest BCUT2D eigenvalue weighted by molar-refractivity contribution is -0.139. The predicted octanol–water partition coefficient (Wildman–Crippen LogP) is 0.158. The van der Waals surface area contributed by atoms with E-state index in [-0.39, 0.29) is 0 Å². The Kier molecular flexibility index (Phi) is 5.91. The van der Waals surface area contributed by atoms with Crippen molar-refractivity contribution in [2.24, 2.45) is 5.73 Å². The Balaban J connectivity index is 2.26. The number of aliphatic carboxylic acids is 1. The third-order valence-electron chi connectivity index (χ3n) is 3.49. The Hall–Kier alpha value is -0.300. The lowest BCUT2D eigenvalue weighted by Crippen LogP contribution is -2.48. The van der Waals surface area contributed by atoms with Crippen LogP contribution in [0, 0.1) is 0 Å². The van der Waals surface area contributed by atoms with Gasteiger partial charge in [0.1, 0.15) is 6.04 Å². The van der Waals surface area contributed by atoms with Gasteiger partial charge in [-0.15, -0.1) is 0 Å². The normalized spacial score (nSPS) is 20.9. The molecule has 5 nitrogen and oxygen atoms in total. The quantitative estimate of drug-likeness (QED) is 0.719. The summed E-state index contributed by atoms with van der Waals surface area (Å²) in [6.07, 6.45) is 0. The topological polar surface area (TPSA) is 69.8 Å². The second-order valence-electron chi connectivity index (χ2n) is 5.41. The molecule has 1 aliphatic rings. The van der Waals surface area contributed by atoms with Crippen molar-refractivity contribution in [1.29, 1.82) is 0 Å². The molecular formula is C12H25N3O2S. The van der Waals surface area contributed by atoms with Gasteiger partial charge in [0.2, 0.25) is 0 Å². The van der Waals surface area contributed by atoms with Gasteiger partial charge < -0.3 is 15.7 Å². The molecule has 3 N–H and O–H groups in total. The summed E-state index contributed by atoms with van der Waals surface area (Å²) in [5, 5.41) is 8.94. The highest BCUT2D eigenvalue weighted by Crippen LogP contribution is 2.27. The molecular weight excluding hydrogens is 250 g/mol. The minimum Gasteiger partial charge on any atom is -0.480 e. The van der Waals surface area contributed by atoms with Crippen LogP contribution in [0.5, 0.6) is 0 Å². The minimum atomic E-state index is -0.924. The summed E-state index contributed by atoms with van der Waals surface area (Å²) in [7, 11) is 2.14. The number of nitrogens with zero attached hydrogens (tertiary/aromatic N) is 2. The van der Waals surface area contributed by atoms with E-state index in [1.807, 2.05) is 13.8 Å². The molecule has 0 aromatic heterocycles. The van der Waals surface area contributed by atoms with Gasteiger partial charge in [-0.3, -0.25) is 9.69 Å². The van der Waals surface area contributed by atoms with Gasteiger partial charge in [0, 0.05) is 43.2 Å². The van der Waals surface area contributed by atoms with Gasteiger partial charge in [0.05, 0.1) is 0 Å². The van der Waals surface area contributed by atoms with Crippen LogP contribution in [0.3, 0.4) is 0 Å². The summed E-state index contributed by atoms with van der Waals surface area (Å²) in [5.41, 5.74) is 5.69. The number of likely N-dealkylation sites (N-methyl/N-ethyl adjacent to an activating group) is 1. The molecule has 18 heavy (non-hydrogen) atoms. The highest BCUT2D eigenvalue weighted by Gasteiger charge is 2.32. The molecule has 6 heteroatoms. The Morgan fingerprint density at radius 1 is 1.39 bits per heavy atom. The van der Waals surface area contributed by atoms with E-state index in [0.717, 1.165) is 38.5 Å². The molecule has 0 saturated carbocycles. The van der Waals surface area contributed by atoms with Crippen molar-refractivity contribution in [2.75, 3.05) is 45.5 Å². The van der Waals surface area contributed by atoms with Gasteiger partial charge in [0.25, 0.3) is 0 Å². The van der Waals surface area contributed by atoms with E-state index in [4.69, 9.17) is 10.8 Å². The maximum absolute atomic E-state index is 10.9. The predicted molar refractivity (Wildman–Crippen MR) is 76.1 cm³/mol. The molecule has 1 heterocycles. The molecule has 1 saturated heterocycles. The highest BCUT2D eigenvalue weighted by molar-refractivity contribution is 8.00. The standard InChI is InChI=1S/C12H25N3O2S/c1-12(2,10(13)11(16)17)18-9-8-15-6-4-14(3)5-7-15/h10H,4-9,13H2,1-3H3,(H,16,17)/t10-/m1/s1. The number of nitrogens with two attached hydrogens (primary N) is 1. The number of piperazine rings is 1. The van der Waals surface area contributed by atoms with Crippen molar-refractivity contribution in [1.82, 2.24) is 9.80 Å². The number of carbonyl (C=O) groups is 1. The van der Waals surface area contributed by atoms with Gasteiger partial charge in [-0.2, -0.15) is 11.8 Å². The summed E-state index contributed by atoms with van der Waals surface area (Å²) >= 11 is 1.65. The Labute approximate surface area is 114 Å². The highest BCUT2D eigenvalue weighted by atomic mass is 32.2. The van der Waals surface area contributed by atoms with E-state index in [9.17, 15) is 4.79 Å². The van der Waals surface area contributed by atoms with Crippen LogP contribution >= 0.6 is 11.8 Å². The van der Waals surface area contributed by atoms with Crippen LogP contribution in [-0.4, -0.2) is 77.2 Å². The van der Waals surface area contributed by atoms with Crippen molar-refractivity contribution < 1.29 is 9.90 Å². The number of thioether (sulfide) groups is 1. The van der Waals surface area contributed by atoms with E-state index in [1.165, 1.54) is 0 Å². The van der Waals surface area contributed by atoms with Crippen molar-refractivity contribution in [3.05, 3.63) is 0 Å². The third-order valence-corrected chi connectivity index (χ3v) is 4.88. The first-order chi connectivity index (χ1) is 8.33. The average molecular weight is 275 g/mol. The van der Waals surface area contributed by atoms with Gasteiger partial charge >= 0.3 is 5.97 Å². The zero-order chi connectivity index (χ0) is 13.8. The van der Waals surface area contributed by atoms with E-state index >= 15 is 0 Å². The number of rotatable bonds is 6. The van der Waals surface area contributed by atoms with Gasteiger partial charge in [0.15, 0.2) is 0 Å². The number of carboxylic acids is 1. The van der Waals surface area contributed by atoms with E-state index < -0.39 is 16.8 Å². The SMILES string of the molecule is CN1CCN(CCSC(C)(C)[C@H](N)C(=O)O)CC1. The first-order valence-corrected chi connectivity index (χ1v) is 7.35. The molecule has 1 fully saturated rings. The molecule has 0 amide bonds. The van der Waals surface area contributed by atoms with Crippen molar-refractivity contribution >= 4 is 17.7 Å². The van der Waals surface area contributed by atoms with E-state index in [1.54, 1.807) is 11.8 Å². The smallest absolute Gasteiger partial charge is 0.321 e. The Morgan fingerprint density at radius 3 is 2.44 bits per heavy atom. The lowest BCUT2D eigenvalue weighted by Gasteiger charge is -2.33. The molecule has 106 valence electrons. The van der Waals surface area contributed by atoms with Crippen LogP contribution in [0.1, 0.15) is 13.8 Å². The molecule has 0 aliphatic carbocycles. The minimum absolute atomic E-state index is 0.418. The monoisotopic (exact) mass is 275 g/mol. The van der Waals surface area contributed by atoms with Crippen LogP contribution in [0.2, 0.25) is 0 Å². The second-order valence-corrected chi connectivity index (χ2v) is 7.16. The van der Waals surface area contributed by atoms with Crippen LogP contribution in [0.4, 0.5) is 0 Å². The number of hydrogen-bond acceptors (Lipinski definition) is 5. The van der Waals surface area contributed by atoms with Gasteiger partial charge in [-0.1, -0.05) is 0 Å². The molecule has 0 spiro atoms. The fourth-order valence-corrected chi connectivity index (χ4v) is 3.05. The van der Waals surface area contributed by atoms with Crippen LogP contribution < -0.4 is 5.73 Å².